The molecule has 2 fully saturated rings. The average molecular weight is 502 g/mol. The predicted molar refractivity (Wildman–Crippen MR) is 121 cm³/mol. The van der Waals surface area contributed by atoms with Crippen LogP contribution in [0.25, 0.3) is 0 Å². The van der Waals surface area contributed by atoms with Crippen LogP contribution in [0.1, 0.15) is 77.7 Å². The van der Waals surface area contributed by atoms with Crippen molar-refractivity contribution in [2.24, 2.45) is 0 Å². The van der Waals surface area contributed by atoms with Crippen molar-refractivity contribution in [3.63, 3.8) is 0 Å². The molecule has 0 spiro atoms. The van der Waals surface area contributed by atoms with Crippen molar-refractivity contribution in [1.82, 2.24) is 4.90 Å². The first-order chi connectivity index (χ1) is 14.4. The van der Waals surface area contributed by atoms with E-state index >= 15 is 0 Å². The third-order valence-corrected chi connectivity index (χ3v) is 6.66. The molecule has 7 heteroatoms. The zero-order chi connectivity index (χ0) is 22.9. The molecule has 1 aromatic carbocycles. The van der Waals surface area contributed by atoms with Gasteiger partial charge in [0.15, 0.2) is 0 Å². The highest BCUT2D eigenvalue weighted by Crippen LogP contribution is 2.46. The minimum Gasteiger partial charge on any atom is -0.486 e. The van der Waals surface area contributed by atoms with Gasteiger partial charge in [-0.25, -0.2) is 13.6 Å². The molecule has 0 radical (unpaired) electrons. The largest absolute Gasteiger partial charge is 0.486 e. The summed E-state index contributed by atoms with van der Waals surface area (Å²) in [4.78, 5) is 14.5. The average Bonchev–Trinajstić information content (AvgIpc) is 3.40. The highest BCUT2D eigenvalue weighted by atomic mass is 79.9. The molecule has 31 heavy (non-hydrogen) atoms. The quantitative estimate of drug-likeness (QED) is 0.394. The number of hydrogen-bond acceptors (Lipinski definition) is 3. The monoisotopic (exact) mass is 501 g/mol. The summed E-state index contributed by atoms with van der Waals surface area (Å²) in [5.74, 6) is -1.78. The lowest BCUT2D eigenvalue weighted by Gasteiger charge is -2.37. The lowest BCUT2D eigenvalue weighted by Crippen LogP contribution is -2.47. The smallest absolute Gasteiger partial charge is 0.410 e. The fraction of sp³-hybridized carbons (Fsp3) is 0.708. The molecule has 0 unspecified atom stereocenters. The Bertz CT molecular complexity index is 780. The van der Waals surface area contributed by atoms with Crippen LogP contribution in [-0.2, 0) is 4.74 Å². The second-order valence-corrected chi connectivity index (χ2v) is 10.9. The standard InChI is InChI=1S/C24H34BrF2NO3/c1-17-6-7-19(25)20(16-17)30-23(13-14-23)10-5-15-28(21(29)31-22(2,3)4)18-8-11-24(26,27)12-9-18/h6-7,16,18H,5,8-15H2,1-4H3. The number of alkyl halides is 2. The van der Waals surface area contributed by atoms with E-state index < -0.39 is 17.6 Å². The number of benzene rings is 1. The van der Waals surface area contributed by atoms with Gasteiger partial charge in [-0.3, -0.25) is 0 Å². The van der Waals surface area contributed by atoms with Crippen LogP contribution >= 0.6 is 15.9 Å². The predicted octanol–water partition coefficient (Wildman–Crippen LogP) is 7.26. The van der Waals surface area contributed by atoms with E-state index in [0.717, 1.165) is 41.5 Å². The van der Waals surface area contributed by atoms with Crippen LogP contribution in [0.3, 0.4) is 0 Å². The summed E-state index contributed by atoms with van der Waals surface area (Å²) in [6, 6.07) is 5.85. The Morgan fingerprint density at radius 1 is 1.19 bits per heavy atom. The van der Waals surface area contributed by atoms with Crippen LogP contribution in [0, 0.1) is 6.92 Å². The molecule has 1 amide bonds. The number of aryl methyl sites for hydroxylation is 1. The van der Waals surface area contributed by atoms with Gasteiger partial charge in [0.2, 0.25) is 5.92 Å². The fourth-order valence-corrected chi connectivity index (χ4v) is 4.44. The summed E-state index contributed by atoms with van der Waals surface area (Å²) in [6.07, 6.45) is 3.39. The Balaban J connectivity index is 1.60. The minimum absolute atomic E-state index is 0.175. The van der Waals surface area contributed by atoms with Gasteiger partial charge >= 0.3 is 6.09 Å². The van der Waals surface area contributed by atoms with Crippen LogP contribution in [0.5, 0.6) is 5.75 Å². The van der Waals surface area contributed by atoms with Gasteiger partial charge in [-0.05, 0) is 99.8 Å². The molecule has 2 saturated carbocycles. The van der Waals surface area contributed by atoms with Gasteiger partial charge in [-0.1, -0.05) is 6.07 Å². The number of carbonyl (C=O) groups excluding carboxylic acids is 1. The van der Waals surface area contributed by atoms with Crippen molar-refractivity contribution < 1.29 is 23.0 Å². The fourth-order valence-electron chi connectivity index (χ4n) is 4.12. The maximum Gasteiger partial charge on any atom is 0.410 e. The molecule has 0 N–H and O–H groups in total. The Kier molecular flexibility index (Phi) is 7.24. The van der Waals surface area contributed by atoms with E-state index in [-0.39, 0.29) is 24.5 Å². The molecule has 2 aliphatic carbocycles. The number of amides is 1. The van der Waals surface area contributed by atoms with Gasteiger partial charge < -0.3 is 14.4 Å². The third-order valence-electron chi connectivity index (χ3n) is 6.01. The highest BCUT2D eigenvalue weighted by molar-refractivity contribution is 9.10. The molecular formula is C24H34BrF2NO3. The first-order valence-corrected chi connectivity index (χ1v) is 12.0. The zero-order valence-corrected chi connectivity index (χ0v) is 20.6. The maximum atomic E-state index is 13.6. The van der Waals surface area contributed by atoms with Gasteiger partial charge in [-0.2, -0.15) is 0 Å². The number of carbonyl (C=O) groups is 1. The van der Waals surface area contributed by atoms with Crippen LogP contribution in [-0.4, -0.2) is 40.7 Å². The van der Waals surface area contributed by atoms with E-state index in [1.807, 2.05) is 45.9 Å². The molecular weight excluding hydrogens is 468 g/mol. The second kappa shape index (κ2) is 9.24. The molecule has 0 bridgehead atoms. The number of nitrogens with zero attached hydrogens (tertiary/aromatic N) is 1. The molecule has 0 atom stereocenters. The maximum absolute atomic E-state index is 13.6. The Morgan fingerprint density at radius 3 is 2.42 bits per heavy atom. The van der Waals surface area contributed by atoms with Gasteiger partial charge in [-0.15, -0.1) is 0 Å². The molecule has 2 aliphatic rings. The molecule has 0 aromatic heterocycles. The van der Waals surface area contributed by atoms with Crippen LogP contribution in [0.15, 0.2) is 22.7 Å². The van der Waals surface area contributed by atoms with Crippen molar-refractivity contribution in [3.05, 3.63) is 28.2 Å². The van der Waals surface area contributed by atoms with E-state index in [9.17, 15) is 13.6 Å². The lowest BCUT2D eigenvalue weighted by molar-refractivity contribution is -0.0573. The second-order valence-electron chi connectivity index (χ2n) is 10.1. The summed E-state index contributed by atoms with van der Waals surface area (Å²) in [5, 5.41) is 0. The van der Waals surface area contributed by atoms with Crippen molar-refractivity contribution in [2.45, 2.75) is 102 Å². The van der Waals surface area contributed by atoms with Crippen LogP contribution < -0.4 is 4.74 Å². The molecule has 0 heterocycles. The number of hydrogen-bond donors (Lipinski definition) is 0. The van der Waals surface area contributed by atoms with E-state index in [2.05, 4.69) is 15.9 Å². The van der Waals surface area contributed by atoms with Crippen molar-refractivity contribution >= 4 is 22.0 Å². The molecule has 0 aliphatic heterocycles. The van der Waals surface area contributed by atoms with Crippen LogP contribution in [0.2, 0.25) is 0 Å². The molecule has 3 rings (SSSR count). The van der Waals surface area contributed by atoms with E-state index in [4.69, 9.17) is 9.47 Å². The lowest BCUT2D eigenvalue weighted by atomic mass is 9.91. The normalized spacial score (nSPS) is 20.2. The summed E-state index contributed by atoms with van der Waals surface area (Å²) in [6.45, 7) is 8.00. The number of ether oxygens (including phenoxy) is 2. The molecule has 1 aromatic rings. The van der Waals surface area contributed by atoms with Gasteiger partial charge in [0.05, 0.1) is 4.47 Å². The van der Waals surface area contributed by atoms with E-state index in [1.165, 1.54) is 0 Å². The molecule has 0 saturated heterocycles. The van der Waals surface area contributed by atoms with Gasteiger partial charge in [0.25, 0.3) is 0 Å². The Hall–Kier alpha value is -1.37. The van der Waals surface area contributed by atoms with Crippen LogP contribution in [0.4, 0.5) is 13.6 Å². The summed E-state index contributed by atoms with van der Waals surface area (Å²) < 4.78 is 40.1. The number of rotatable bonds is 7. The van der Waals surface area contributed by atoms with Gasteiger partial charge in [0, 0.05) is 25.4 Å². The molecule has 4 nitrogen and oxygen atoms in total. The SMILES string of the molecule is Cc1ccc(Br)c(OC2(CCCN(C(=O)OC(C)(C)C)C3CCC(F)(F)CC3)CC2)c1. The Morgan fingerprint density at radius 2 is 1.84 bits per heavy atom. The molecule has 174 valence electrons. The summed E-state index contributed by atoms with van der Waals surface area (Å²) >= 11 is 3.55. The van der Waals surface area contributed by atoms with E-state index in [0.29, 0.717) is 19.4 Å². The Labute approximate surface area is 192 Å². The zero-order valence-electron chi connectivity index (χ0n) is 19.0. The highest BCUT2D eigenvalue weighted by Gasteiger charge is 2.46. The first kappa shape index (κ1) is 24.3. The number of halogens is 3. The minimum atomic E-state index is -2.62. The topological polar surface area (TPSA) is 38.8 Å². The third kappa shape index (κ3) is 7.06. The van der Waals surface area contributed by atoms with Crippen molar-refractivity contribution in [1.29, 1.82) is 0 Å². The van der Waals surface area contributed by atoms with Gasteiger partial charge in [0.1, 0.15) is 17.0 Å². The first-order valence-electron chi connectivity index (χ1n) is 11.2. The van der Waals surface area contributed by atoms with Crippen molar-refractivity contribution in [3.8, 4) is 5.75 Å². The summed E-state index contributed by atoms with van der Waals surface area (Å²) in [5.41, 5.74) is 0.320. The summed E-state index contributed by atoms with van der Waals surface area (Å²) in [7, 11) is 0. The van der Waals surface area contributed by atoms with E-state index in [1.54, 1.807) is 4.90 Å². The van der Waals surface area contributed by atoms with Crippen molar-refractivity contribution in [2.75, 3.05) is 6.54 Å².